The van der Waals surface area contributed by atoms with E-state index in [9.17, 15) is 4.79 Å². The van der Waals surface area contributed by atoms with Crippen LogP contribution < -0.4 is 14.8 Å². The summed E-state index contributed by atoms with van der Waals surface area (Å²) in [4.78, 5) is 14.0. The first-order valence-corrected chi connectivity index (χ1v) is 7.44. The smallest absolute Gasteiger partial charge is 0.236 e. The van der Waals surface area contributed by atoms with Gasteiger partial charge in [-0.3, -0.25) is 4.79 Å². The van der Waals surface area contributed by atoms with Gasteiger partial charge in [-0.25, -0.2) is 0 Å². The molecule has 1 saturated heterocycles. The maximum Gasteiger partial charge on any atom is 0.236 e. The number of piperidine rings is 1. The molecule has 0 radical (unpaired) electrons. The number of carbonyl (C=O) groups is 1. The molecule has 0 atom stereocenters. The minimum Gasteiger partial charge on any atom is -0.493 e. The summed E-state index contributed by atoms with van der Waals surface area (Å²) in [7, 11) is 3.24. The lowest BCUT2D eigenvalue weighted by Gasteiger charge is -2.26. The van der Waals surface area contributed by atoms with E-state index in [1.165, 1.54) is 6.42 Å². The maximum atomic E-state index is 12.0. The number of likely N-dealkylation sites (tertiary alicyclic amines) is 1. The molecule has 1 fully saturated rings. The number of nitrogens with one attached hydrogen (secondary N) is 1. The molecule has 1 aromatic carbocycles. The van der Waals surface area contributed by atoms with Gasteiger partial charge >= 0.3 is 0 Å². The molecule has 0 spiro atoms. The SMILES string of the molecule is COc1ccc(CNCC(=O)N2CCCCC2)cc1OC. The van der Waals surface area contributed by atoms with E-state index in [4.69, 9.17) is 9.47 Å². The van der Waals surface area contributed by atoms with E-state index in [0.717, 1.165) is 31.5 Å². The highest BCUT2D eigenvalue weighted by Crippen LogP contribution is 2.27. The predicted molar refractivity (Wildman–Crippen MR) is 81.7 cm³/mol. The Morgan fingerprint density at radius 2 is 1.86 bits per heavy atom. The summed E-state index contributed by atoms with van der Waals surface area (Å²) in [6.45, 7) is 2.82. The van der Waals surface area contributed by atoms with Gasteiger partial charge in [-0.2, -0.15) is 0 Å². The van der Waals surface area contributed by atoms with Gasteiger partial charge in [0.2, 0.25) is 5.91 Å². The zero-order valence-corrected chi connectivity index (χ0v) is 12.9. The quantitative estimate of drug-likeness (QED) is 0.869. The maximum absolute atomic E-state index is 12.0. The minimum atomic E-state index is 0.190. The third-order valence-electron chi connectivity index (χ3n) is 3.76. The number of amides is 1. The lowest BCUT2D eigenvalue weighted by atomic mass is 10.1. The molecular formula is C16H24N2O3. The molecule has 0 bridgehead atoms. The van der Waals surface area contributed by atoms with Gasteiger partial charge in [0, 0.05) is 19.6 Å². The van der Waals surface area contributed by atoms with Crippen molar-refractivity contribution in [3.8, 4) is 11.5 Å². The van der Waals surface area contributed by atoms with Crippen LogP contribution in [0.25, 0.3) is 0 Å². The lowest BCUT2D eigenvalue weighted by Crippen LogP contribution is -2.40. The second kappa shape index (κ2) is 7.88. The van der Waals surface area contributed by atoms with Crippen molar-refractivity contribution in [2.24, 2.45) is 0 Å². The summed E-state index contributed by atoms with van der Waals surface area (Å²) in [6.07, 6.45) is 3.49. The molecule has 0 saturated carbocycles. The standard InChI is InChI=1S/C16H24N2O3/c1-20-14-7-6-13(10-15(14)21-2)11-17-12-16(19)18-8-4-3-5-9-18/h6-7,10,17H,3-5,8-9,11-12H2,1-2H3. The van der Waals surface area contributed by atoms with Gasteiger partial charge in [0.25, 0.3) is 0 Å². The highest BCUT2D eigenvalue weighted by atomic mass is 16.5. The Labute approximate surface area is 126 Å². The van der Waals surface area contributed by atoms with E-state index in [0.29, 0.717) is 24.6 Å². The van der Waals surface area contributed by atoms with Crippen LogP contribution in [-0.2, 0) is 11.3 Å². The summed E-state index contributed by atoms with van der Waals surface area (Å²) in [5, 5.41) is 3.20. The first kappa shape index (κ1) is 15.6. The molecule has 0 unspecified atom stereocenters. The number of hydrogen-bond donors (Lipinski definition) is 1. The molecule has 1 aromatic rings. The first-order valence-electron chi connectivity index (χ1n) is 7.44. The molecule has 2 rings (SSSR count). The number of benzene rings is 1. The Balaban J connectivity index is 1.81. The van der Waals surface area contributed by atoms with E-state index >= 15 is 0 Å². The van der Waals surface area contributed by atoms with Gasteiger partial charge in [-0.05, 0) is 37.0 Å². The molecule has 0 aromatic heterocycles. The average molecular weight is 292 g/mol. The van der Waals surface area contributed by atoms with Crippen LogP contribution >= 0.6 is 0 Å². The molecule has 0 aliphatic carbocycles. The van der Waals surface area contributed by atoms with Crippen LogP contribution in [-0.4, -0.2) is 44.7 Å². The zero-order valence-electron chi connectivity index (χ0n) is 12.9. The van der Waals surface area contributed by atoms with Gasteiger partial charge in [0.15, 0.2) is 11.5 Å². The van der Waals surface area contributed by atoms with Crippen LogP contribution in [0.15, 0.2) is 18.2 Å². The largest absolute Gasteiger partial charge is 0.493 e. The van der Waals surface area contributed by atoms with Crippen molar-refractivity contribution in [1.82, 2.24) is 10.2 Å². The molecule has 5 heteroatoms. The summed E-state index contributed by atoms with van der Waals surface area (Å²) in [5.41, 5.74) is 1.07. The molecule has 1 amide bonds. The zero-order chi connectivity index (χ0) is 15.1. The van der Waals surface area contributed by atoms with Gasteiger partial charge in [-0.1, -0.05) is 6.07 Å². The Morgan fingerprint density at radius 1 is 1.14 bits per heavy atom. The molecule has 1 aliphatic rings. The fraction of sp³-hybridized carbons (Fsp3) is 0.562. The van der Waals surface area contributed by atoms with Crippen LogP contribution in [0.3, 0.4) is 0 Å². The first-order chi connectivity index (χ1) is 10.2. The van der Waals surface area contributed by atoms with Crippen molar-refractivity contribution in [3.05, 3.63) is 23.8 Å². The molecule has 1 heterocycles. The molecular weight excluding hydrogens is 268 g/mol. The fourth-order valence-electron chi connectivity index (χ4n) is 2.56. The highest BCUT2D eigenvalue weighted by Gasteiger charge is 2.15. The minimum absolute atomic E-state index is 0.190. The number of methoxy groups -OCH3 is 2. The average Bonchev–Trinajstić information content (AvgIpc) is 2.55. The van der Waals surface area contributed by atoms with Crippen molar-refractivity contribution < 1.29 is 14.3 Å². The summed E-state index contributed by atoms with van der Waals surface area (Å²) >= 11 is 0. The van der Waals surface area contributed by atoms with Crippen molar-refractivity contribution in [2.45, 2.75) is 25.8 Å². The number of carbonyl (C=O) groups excluding carboxylic acids is 1. The molecule has 1 aliphatic heterocycles. The number of ether oxygens (including phenoxy) is 2. The van der Waals surface area contributed by atoms with Crippen LogP contribution in [0.5, 0.6) is 11.5 Å². The normalized spacial score (nSPS) is 14.9. The Kier molecular flexibility index (Phi) is 5.87. The molecule has 5 nitrogen and oxygen atoms in total. The molecule has 21 heavy (non-hydrogen) atoms. The van der Waals surface area contributed by atoms with Crippen molar-refractivity contribution in [2.75, 3.05) is 33.9 Å². The molecule has 1 N–H and O–H groups in total. The second-order valence-electron chi connectivity index (χ2n) is 5.23. The Morgan fingerprint density at radius 3 is 2.52 bits per heavy atom. The Bertz CT molecular complexity index is 471. The predicted octanol–water partition coefficient (Wildman–Crippen LogP) is 1.81. The third-order valence-corrected chi connectivity index (χ3v) is 3.76. The van der Waals surface area contributed by atoms with Crippen molar-refractivity contribution in [1.29, 1.82) is 0 Å². The number of rotatable bonds is 6. The van der Waals surface area contributed by atoms with Gasteiger partial charge < -0.3 is 19.7 Å². The van der Waals surface area contributed by atoms with Gasteiger partial charge in [-0.15, -0.1) is 0 Å². The van der Waals surface area contributed by atoms with E-state index < -0.39 is 0 Å². The summed E-state index contributed by atoms with van der Waals surface area (Å²) in [6, 6.07) is 5.78. The van der Waals surface area contributed by atoms with Crippen LogP contribution in [0, 0.1) is 0 Å². The molecule has 116 valence electrons. The van der Waals surface area contributed by atoms with E-state index in [-0.39, 0.29) is 5.91 Å². The summed E-state index contributed by atoms with van der Waals surface area (Å²) in [5.74, 6) is 1.61. The second-order valence-corrected chi connectivity index (χ2v) is 5.23. The van der Waals surface area contributed by atoms with Gasteiger partial charge in [0.05, 0.1) is 20.8 Å². The van der Waals surface area contributed by atoms with E-state index in [1.54, 1.807) is 14.2 Å². The number of hydrogen-bond acceptors (Lipinski definition) is 4. The fourth-order valence-corrected chi connectivity index (χ4v) is 2.56. The highest BCUT2D eigenvalue weighted by molar-refractivity contribution is 5.78. The van der Waals surface area contributed by atoms with Crippen LogP contribution in [0.2, 0.25) is 0 Å². The Hall–Kier alpha value is -1.75. The lowest BCUT2D eigenvalue weighted by molar-refractivity contribution is -0.131. The topological polar surface area (TPSA) is 50.8 Å². The third kappa shape index (κ3) is 4.36. The van der Waals surface area contributed by atoms with Crippen molar-refractivity contribution >= 4 is 5.91 Å². The van der Waals surface area contributed by atoms with Crippen LogP contribution in [0.1, 0.15) is 24.8 Å². The van der Waals surface area contributed by atoms with Gasteiger partial charge in [0.1, 0.15) is 0 Å². The summed E-state index contributed by atoms with van der Waals surface area (Å²) < 4.78 is 10.5. The monoisotopic (exact) mass is 292 g/mol. The van der Waals surface area contributed by atoms with E-state index in [1.807, 2.05) is 23.1 Å². The van der Waals surface area contributed by atoms with Crippen LogP contribution in [0.4, 0.5) is 0 Å². The number of nitrogens with zero attached hydrogens (tertiary/aromatic N) is 1. The van der Waals surface area contributed by atoms with Crippen molar-refractivity contribution in [3.63, 3.8) is 0 Å². The van der Waals surface area contributed by atoms with E-state index in [2.05, 4.69) is 5.32 Å².